The minimum absolute atomic E-state index is 0.325. The number of hydrogen-bond donors (Lipinski definition) is 1. The molecule has 0 saturated carbocycles. The highest BCUT2D eigenvalue weighted by molar-refractivity contribution is 7.13. The van der Waals surface area contributed by atoms with E-state index in [9.17, 15) is 4.79 Å². The fraction of sp³-hybridized carbons (Fsp3) is 0.222. The van der Waals surface area contributed by atoms with Gasteiger partial charge in [0.05, 0.1) is 6.04 Å². The Labute approximate surface area is 84.9 Å². The van der Waals surface area contributed by atoms with Gasteiger partial charge in [0.15, 0.2) is 0 Å². The van der Waals surface area contributed by atoms with E-state index in [2.05, 4.69) is 14.5 Å². The van der Waals surface area contributed by atoms with E-state index in [-0.39, 0.29) is 11.3 Å². The molecule has 0 amide bonds. The molecule has 0 aliphatic carbocycles. The van der Waals surface area contributed by atoms with Crippen molar-refractivity contribution in [2.45, 2.75) is 12.5 Å². The molecule has 0 spiro atoms. The van der Waals surface area contributed by atoms with E-state index in [0.29, 0.717) is 6.42 Å². The predicted octanol–water partition coefficient (Wildman–Crippen LogP) is 1.74. The molecule has 1 unspecified atom stereocenters. The van der Waals surface area contributed by atoms with Gasteiger partial charge in [-0.05, 0) is 23.6 Å². The van der Waals surface area contributed by atoms with E-state index < -0.39 is 0 Å². The average molecular weight is 216 g/mol. The highest BCUT2D eigenvalue weighted by Crippen LogP contribution is 2.06. The van der Waals surface area contributed by atoms with Crippen molar-refractivity contribution >= 4 is 26.2 Å². The second-order valence-electron chi connectivity index (χ2n) is 2.71. The summed E-state index contributed by atoms with van der Waals surface area (Å²) in [6.07, 6.45) is 0.618. The van der Waals surface area contributed by atoms with E-state index >= 15 is 0 Å². The third-order valence-electron chi connectivity index (χ3n) is 1.76. The third-order valence-corrected chi connectivity index (χ3v) is 2.42. The Hall–Kier alpha value is -0.430. The normalized spacial score (nSPS) is 12.5. The lowest BCUT2D eigenvalue weighted by atomic mass is 10.1. The second kappa shape index (κ2) is 5.33. The number of benzene rings is 1. The lowest BCUT2D eigenvalue weighted by molar-refractivity contribution is -0.113. The van der Waals surface area contributed by atoms with E-state index in [1.807, 2.05) is 30.3 Å². The van der Waals surface area contributed by atoms with Gasteiger partial charge >= 0.3 is 0 Å². The maximum Gasteiger partial charge on any atom is 0.239 e. The molecule has 1 aromatic rings. The molecule has 1 aromatic carbocycles. The van der Waals surface area contributed by atoms with Crippen molar-refractivity contribution in [3.63, 3.8) is 0 Å². The highest BCUT2D eigenvalue weighted by atomic mass is 35.5. The lowest BCUT2D eigenvalue weighted by Gasteiger charge is -2.10. The van der Waals surface area contributed by atoms with Crippen molar-refractivity contribution in [2.24, 2.45) is 0 Å². The van der Waals surface area contributed by atoms with Gasteiger partial charge < -0.3 is 0 Å². The number of carbonyl (C=O) groups excluding carboxylic acids is 1. The van der Waals surface area contributed by atoms with Crippen LogP contribution in [0.15, 0.2) is 30.3 Å². The fourth-order valence-corrected chi connectivity index (χ4v) is 1.57. The molecule has 1 rings (SSSR count). The Morgan fingerprint density at radius 3 is 2.54 bits per heavy atom. The number of hydrogen-bond acceptors (Lipinski definition) is 2. The van der Waals surface area contributed by atoms with Gasteiger partial charge in [0, 0.05) is 0 Å². The maximum absolute atomic E-state index is 10.9. The quantitative estimate of drug-likeness (QED) is 0.612. The molecule has 2 nitrogen and oxygen atoms in total. The number of rotatable bonds is 4. The van der Waals surface area contributed by atoms with Gasteiger partial charge in [-0.3, -0.25) is 9.88 Å². The van der Waals surface area contributed by atoms with E-state index in [1.54, 1.807) is 0 Å². The summed E-state index contributed by atoms with van der Waals surface area (Å²) in [5.74, 6) is 0. The standard InChI is InChI=1S/C9H11ClNOP/c10-9(12)8(11-13)6-7-4-2-1-3-5-7/h1-5,8,11H,6,13H2/t8-/m0/s1. The molecule has 2 atom stereocenters. The van der Waals surface area contributed by atoms with Crippen LogP contribution in [0.1, 0.15) is 5.56 Å². The molecular weight excluding hydrogens is 205 g/mol. The van der Waals surface area contributed by atoms with Gasteiger partial charge in [-0.25, -0.2) is 0 Å². The van der Waals surface area contributed by atoms with Crippen molar-refractivity contribution in [2.75, 3.05) is 0 Å². The summed E-state index contributed by atoms with van der Waals surface area (Å²) in [7, 11) is 2.30. The lowest BCUT2D eigenvalue weighted by Crippen LogP contribution is -2.29. The van der Waals surface area contributed by atoms with Crippen LogP contribution >= 0.6 is 21.0 Å². The van der Waals surface area contributed by atoms with Crippen molar-refractivity contribution in [3.8, 4) is 0 Å². The van der Waals surface area contributed by atoms with Crippen LogP contribution in [-0.2, 0) is 11.2 Å². The molecule has 4 heteroatoms. The minimum Gasteiger partial charge on any atom is -0.290 e. The minimum atomic E-state index is -0.362. The Morgan fingerprint density at radius 1 is 1.46 bits per heavy atom. The summed E-state index contributed by atoms with van der Waals surface area (Å²) in [4.78, 5) is 10.9. The first kappa shape index (κ1) is 10.6. The topological polar surface area (TPSA) is 29.1 Å². The van der Waals surface area contributed by atoms with Crippen LogP contribution in [0, 0.1) is 0 Å². The van der Waals surface area contributed by atoms with Crippen LogP contribution < -0.4 is 5.09 Å². The predicted molar refractivity (Wildman–Crippen MR) is 57.6 cm³/mol. The highest BCUT2D eigenvalue weighted by Gasteiger charge is 2.13. The van der Waals surface area contributed by atoms with Crippen LogP contribution in [0.2, 0.25) is 0 Å². The Bertz CT molecular complexity index is 278. The Balaban J connectivity index is 2.62. The molecule has 13 heavy (non-hydrogen) atoms. The molecule has 0 bridgehead atoms. The van der Waals surface area contributed by atoms with Gasteiger partial charge in [0.25, 0.3) is 0 Å². The van der Waals surface area contributed by atoms with E-state index in [4.69, 9.17) is 11.6 Å². The van der Waals surface area contributed by atoms with Crippen molar-refractivity contribution in [1.82, 2.24) is 5.09 Å². The Kier molecular flexibility index (Phi) is 4.37. The zero-order valence-electron chi connectivity index (χ0n) is 7.03. The van der Waals surface area contributed by atoms with Crippen molar-refractivity contribution in [3.05, 3.63) is 35.9 Å². The number of carbonyl (C=O) groups is 1. The molecule has 0 aliphatic heterocycles. The smallest absolute Gasteiger partial charge is 0.239 e. The van der Waals surface area contributed by atoms with Crippen LogP contribution in [0.5, 0.6) is 0 Å². The summed E-state index contributed by atoms with van der Waals surface area (Å²) in [6, 6.07) is 9.43. The summed E-state index contributed by atoms with van der Waals surface area (Å²) in [5.41, 5.74) is 1.09. The maximum atomic E-state index is 10.9. The van der Waals surface area contributed by atoms with E-state index in [1.165, 1.54) is 0 Å². The van der Waals surface area contributed by atoms with Gasteiger partial charge in [-0.15, -0.1) is 0 Å². The molecular formula is C9H11ClNOP. The van der Waals surface area contributed by atoms with Gasteiger partial charge in [0.2, 0.25) is 5.24 Å². The van der Waals surface area contributed by atoms with Gasteiger partial charge in [-0.2, -0.15) is 0 Å². The van der Waals surface area contributed by atoms with Crippen LogP contribution in [-0.4, -0.2) is 11.3 Å². The SMILES string of the molecule is O=C(Cl)[C@H](Cc1ccccc1)NP. The Morgan fingerprint density at radius 2 is 2.08 bits per heavy atom. The third kappa shape index (κ3) is 3.43. The van der Waals surface area contributed by atoms with Crippen LogP contribution in [0.25, 0.3) is 0 Å². The average Bonchev–Trinajstić information content (AvgIpc) is 2.15. The molecule has 0 aromatic heterocycles. The summed E-state index contributed by atoms with van der Waals surface area (Å²) in [6.45, 7) is 0. The number of nitrogens with one attached hydrogen (secondary N) is 1. The zero-order chi connectivity index (χ0) is 9.68. The first-order valence-electron chi connectivity index (χ1n) is 3.93. The zero-order valence-corrected chi connectivity index (χ0v) is 8.95. The van der Waals surface area contributed by atoms with E-state index in [0.717, 1.165) is 5.56 Å². The molecule has 0 saturated heterocycles. The van der Waals surface area contributed by atoms with Gasteiger partial charge in [-0.1, -0.05) is 39.7 Å². The first-order valence-corrected chi connectivity index (χ1v) is 4.89. The summed E-state index contributed by atoms with van der Waals surface area (Å²) >= 11 is 5.38. The number of halogens is 1. The van der Waals surface area contributed by atoms with Crippen LogP contribution in [0.3, 0.4) is 0 Å². The largest absolute Gasteiger partial charge is 0.290 e. The monoisotopic (exact) mass is 215 g/mol. The fourth-order valence-electron chi connectivity index (χ4n) is 1.05. The van der Waals surface area contributed by atoms with Crippen molar-refractivity contribution < 1.29 is 4.79 Å². The van der Waals surface area contributed by atoms with Crippen LogP contribution in [0.4, 0.5) is 0 Å². The summed E-state index contributed by atoms with van der Waals surface area (Å²) < 4.78 is 0. The molecule has 0 aliphatic rings. The first-order chi connectivity index (χ1) is 6.24. The van der Waals surface area contributed by atoms with Gasteiger partial charge in [0.1, 0.15) is 0 Å². The molecule has 0 fully saturated rings. The molecule has 70 valence electrons. The molecule has 0 heterocycles. The second-order valence-corrected chi connectivity index (χ2v) is 3.42. The molecule has 0 radical (unpaired) electrons. The van der Waals surface area contributed by atoms with Crippen molar-refractivity contribution in [1.29, 1.82) is 0 Å². The summed E-state index contributed by atoms with van der Waals surface area (Å²) in [5, 5.41) is 2.42. The molecule has 1 N–H and O–H groups in total.